The number of Topliss-reactive ketones (excluding diaryl/α,β-unsaturated/α-hetero) is 1. The third-order valence-corrected chi connectivity index (χ3v) is 3.52. The van der Waals surface area contributed by atoms with Crippen LogP contribution in [-0.4, -0.2) is 5.78 Å². The van der Waals surface area contributed by atoms with Crippen LogP contribution < -0.4 is 4.74 Å². The summed E-state index contributed by atoms with van der Waals surface area (Å²) in [5, 5.41) is 0. The molecule has 0 saturated carbocycles. The Morgan fingerprint density at radius 3 is 2.58 bits per heavy atom. The van der Waals surface area contributed by atoms with Gasteiger partial charge in [-0.15, -0.1) is 0 Å². The fourth-order valence-corrected chi connectivity index (χ4v) is 2.63. The van der Waals surface area contributed by atoms with Crippen LogP contribution in [0.5, 0.6) is 5.75 Å². The van der Waals surface area contributed by atoms with Crippen LogP contribution in [0.1, 0.15) is 39.6 Å². The SMILES string of the molecule is Cc1cc(C)c2c(c1)C(=O)CC(c1ccccc1)O2. The number of rotatable bonds is 1. The zero-order valence-corrected chi connectivity index (χ0v) is 11.1. The van der Waals surface area contributed by atoms with Gasteiger partial charge in [-0.2, -0.15) is 0 Å². The summed E-state index contributed by atoms with van der Waals surface area (Å²) >= 11 is 0. The van der Waals surface area contributed by atoms with Crippen molar-refractivity contribution >= 4 is 5.78 Å². The van der Waals surface area contributed by atoms with Crippen molar-refractivity contribution in [3.8, 4) is 5.75 Å². The third kappa shape index (κ3) is 2.14. The van der Waals surface area contributed by atoms with Gasteiger partial charge in [0.25, 0.3) is 0 Å². The van der Waals surface area contributed by atoms with Gasteiger partial charge in [-0.1, -0.05) is 36.4 Å². The van der Waals surface area contributed by atoms with E-state index in [4.69, 9.17) is 4.74 Å². The number of hydrogen-bond donors (Lipinski definition) is 0. The molecular weight excluding hydrogens is 236 g/mol. The highest BCUT2D eigenvalue weighted by Crippen LogP contribution is 2.37. The molecule has 0 amide bonds. The molecule has 1 atom stereocenters. The molecule has 1 heterocycles. The topological polar surface area (TPSA) is 26.3 Å². The van der Waals surface area contributed by atoms with E-state index < -0.39 is 0 Å². The van der Waals surface area contributed by atoms with Crippen molar-refractivity contribution in [3.05, 3.63) is 64.7 Å². The first kappa shape index (κ1) is 12.0. The normalized spacial score (nSPS) is 17.8. The summed E-state index contributed by atoms with van der Waals surface area (Å²) < 4.78 is 6.05. The number of fused-ring (bicyclic) bond motifs is 1. The monoisotopic (exact) mass is 252 g/mol. The van der Waals surface area contributed by atoms with E-state index >= 15 is 0 Å². The molecule has 2 heteroatoms. The van der Waals surface area contributed by atoms with Crippen LogP contribution in [0.3, 0.4) is 0 Å². The van der Waals surface area contributed by atoms with E-state index in [0.29, 0.717) is 6.42 Å². The molecule has 0 aromatic heterocycles. The lowest BCUT2D eigenvalue weighted by atomic mass is 9.93. The molecule has 0 saturated heterocycles. The third-order valence-electron chi connectivity index (χ3n) is 3.52. The minimum atomic E-state index is -0.164. The van der Waals surface area contributed by atoms with Crippen LogP contribution in [0.4, 0.5) is 0 Å². The fraction of sp³-hybridized carbons (Fsp3) is 0.235. The molecule has 3 rings (SSSR count). The number of ketones is 1. The number of aryl methyl sites for hydroxylation is 2. The number of carbonyl (C=O) groups excluding carboxylic acids is 1. The Bertz CT molecular complexity index is 629. The molecule has 0 fully saturated rings. The maximum Gasteiger partial charge on any atom is 0.170 e. The maximum atomic E-state index is 12.3. The van der Waals surface area contributed by atoms with Gasteiger partial charge in [-0.25, -0.2) is 0 Å². The predicted octanol–water partition coefficient (Wildman–Crippen LogP) is 4.01. The largest absolute Gasteiger partial charge is 0.484 e. The Balaban J connectivity index is 2.03. The minimum Gasteiger partial charge on any atom is -0.484 e. The van der Waals surface area contributed by atoms with Crippen molar-refractivity contribution in [3.63, 3.8) is 0 Å². The Hall–Kier alpha value is -2.09. The highest BCUT2D eigenvalue weighted by molar-refractivity contribution is 6.00. The average molecular weight is 252 g/mol. The molecule has 19 heavy (non-hydrogen) atoms. The standard InChI is InChI=1S/C17H16O2/c1-11-8-12(2)17-14(9-11)15(18)10-16(19-17)13-6-4-3-5-7-13/h3-9,16H,10H2,1-2H3. The van der Waals surface area contributed by atoms with Crippen molar-refractivity contribution < 1.29 is 9.53 Å². The van der Waals surface area contributed by atoms with E-state index in [-0.39, 0.29) is 11.9 Å². The first-order valence-electron chi connectivity index (χ1n) is 6.51. The van der Waals surface area contributed by atoms with Crippen molar-refractivity contribution in [2.45, 2.75) is 26.4 Å². The van der Waals surface area contributed by atoms with Gasteiger partial charge < -0.3 is 4.74 Å². The zero-order chi connectivity index (χ0) is 13.4. The van der Waals surface area contributed by atoms with Gasteiger partial charge in [0, 0.05) is 0 Å². The van der Waals surface area contributed by atoms with E-state index in [1.54, 1.807) is 0 Å². The van der Waals surface area contributed by atoms with Crippen LogP contribution in [0, 0.1) is 13.8 Å². The molecule has 2 nitrogen and oxygen atoms in total. The number of hydrogen-bond acceptors (Lipinski definition) is 2. The molecule has 0 bridgehead atoms. The minimum absolute atomic E-state index is 0.164. The molecule has 0 radical (unpaired) electrons. The van der Waals surface area contributed by atoms with Crippen LogP contribution in [0.25, 0.3) is 0 Å². The average Bonchev–Trinajstić information content (AvgIpc) is 2.41. The zero-order valence-electron chi connectivity index (χ0n) is 11.1. The predicted molar refractivity (Wildman–Crippen MR) is 74.7 cm³/mol. The Morgan fingerprint density at radius 2 is 1.84 bits per heavy atom. The molecule has 96 valence electrons. The van der Waals surface area contributed by atoms with Crippen LogP contribution in [-0.2, 0) is 0 Å². The van der Waals surface area contributed by atoms with E-state index in [2.05, 4.69) is 6.07 Å². The van der Waals surface area contributed by atoms with Crippen molar-refractivity contribution in [1.82, 2.24) is 0 Å². The summed E-state index contributed by atoms with van der Waals surface area (Å²) in [6, 6.07) is 13.9. The summed E-state index contributed by atoms with van der Waals surface area (Å²) in [4.78, 5) is 12.3. The lowest BCUT2D eigenvalue weighted by molar-refractivity contribution is 0.0848. The molecular formula is C17H16O2. The summed E-state index contributed by atoms with van der Waals surface area (Å²) in [5.74, 6) is 0.914. The molecule has 1 unspecified atom stereocenters. The Labute approximate surface area is 113 Å². The summed E-state index contributed by atoms with van der Waals surface area (Å²) in [6.07, 6.45) is 0.252. The lowest BCUT2D eigenvalue weighted by Crippen LogP contribution is -2.21. The van der Waals surface area contributed by atoms with E-state index in [9.17, 15) is 4.79 Å². The van der Waals surface area contributed by atoms with Crippen LogP contribution in [0.15, 0.2) is 42.5 Å². The smallest absolute Gasteiger partial charge is 0.170 e. The van der Waals surface area contributed by atoms with Crippen LogP contribution in [0.2, 0.25) is 0 Å². The van der Waals surface area contributed by atoms with E-state index in [1.165, 1.54) is 0 Å². The number of ether oxygens (including phenoxy) is 1. The highest BCUT2D eigenvalue weighted by atomic mass is 16.5. The first-order chi connectivity index (χ1) is 9.15. The van der Waals surface area contributed by atoms with Crippen molar-refractivity contribution in [2.24, 2.45) is 0 Å². The fourth-order valence-electron chi connectivity index (χ4n) is 2.63. The molecule has 1 aliphatic rings. The van der Waals surface area contributed by atoms with Crippen molar-refractivity contribution in [1.29, 1.82) is 0 Å². The maximum absolute atomic E-state index is 12.3. The second-order valence-corrected chi connectivity index (χ2v) is 5.10. The molecule has 0 spiro atoms. The van der Waals surface area contributed by atoms with Gasteiger partial charge in [0.05, 0.1) is 12.0 Å². The van der Waals surface area contributed by atoms with E-state index in [0.717, 1.165) is 28.0 Å². The summed E-state index contributed by atoms with van der Waals surface area (Å²) in [5.41, 5.74) is 3.92. The molecule has 2 aromatic rings. The van der Waals surface area contributed by atoms with Gasteiger partial charge in [-0.3, -0.25) is 4.79 Å². The van der Waals surface area contributed by atoms with Gasteiger partial charge in [-0.05, 0) is 36.6 Å². The molecule has 2 aromatic carbocycles. The number of carbonyl (C=O) groups is 1. The summed E-state index contributed by atoms with van der Waals surface area (Å²) in [6.45, 7) is 4.00. The Morgan fingerprint density at radius 1 is 1.11 bits per heavy atom. The second kappa shape index (κ2) is 4.54. The second-order valence-electron chi connectivity index (χ2n) is 5.10. The van der Waals surface area contributed by atoms with Gasteiger partial charge in [0.1, 0.15) is 11.9 Å². The summed E-state index contributed by atoms with van der Waals surface area (Å²) in [7, 11) is 0. The molecule has 0 aliphatic carbocycles. The van der Waals surface area contributed by atoms with Gasteiger partial charge >= 0.3 is 0 Å². The molecule has 0 N–H and O–H groups in total. The Kier molecular flexibility index (Phi) is 2.86. The number of benzene rings is 2. The first-order valence-corrected chi connectivity index (χ1v) is 6.51. The quantitative estimate of drug-likeness (QED) is 0.766. The lowest BCUT2D eigenvalue weighted by Gasteiger charge is -2.27. The van der Waals surface area contributed by atoms with Gasteiger partial charge in [0.15, 0.2) is 5.78 Å². The van der Waals surface area contributed by atoms with Gasteiger partial charge in [0.2, 0.25) is 0 Å². The molecule has 1 aliphatic heterocycles. The highest BCUT2D eigenvalue weighted by Gasteiger charge is 2.28. The van der Waals surface area contributed by atoms with Crippen molar-refractivity contribution in [2.75, 3.05) is 0 Å². The van der Waals surface area contributed by atoms with Crippen LogP contribution >= 0.6 is 0 Å². The van der Waals surface area contributed by atoms with E-state index in [1.807, 2.05) is 50.2 Å².